The maximum Gasteiger partial charge on any atom is 0.328 e. The van der Waals surface area contributed by atoms with Gasteiger partial charge in [-0.05, 0) is 58.7 Å². The Morgan fingerprint density at radius 2 is 1.53 bits per heavy atom. The Labute approximate surface area is 294 Å². The first-order valence-corrected chi connectivity index (χ1v) is 19.8. The smallest absolute Gasteiger partial charge is 0.328 e. The summed E-state index contributed by atoms with van der Waals surface area (Å²) in [6.07, 6.45) is 2.69. The molecule has 2 unspecified atom stereocenters. The molecule has 12 heteroatoms. The van der Waals surface area contributed by atoms with Gasteiger partial charge in [-0.1, -0.05) is 105 Å². The molecule has 1 aromatic heterocycles. The molecule has 1 heterocycles. The van der Waals surface area contributed by atoms with Gasteiger partial charge in [0.15, 0.2) is 10.6 Å². The molecular formula is C37H38N4O5S3. The van der Waals surface area contributed by atoms with Crippen molar-refractivity contribution in [1.29, 1.82) is 0 Å². The van der Waals surface area contributed by atoms with Gasteiger partial charge >= 0.3 is 6.03 Å². The third-order valence-electron chi connectivity index (χ3n) is 8.05. The van der Waals surface area contributed by atoms with E-state index in [1.165, 1.54) is 17.8 Å². The third-order valence-corrected chi connectivity index (χ3v) is 11.4. The van der Waals surface area contributed by atoms with E-state index in [0.717, 1.165) is 23.4 Å². The Balaban J connectivity index is 1.39. The zero-order valence-corrected chi connectivity index (χ0v) is 29.9. The maximum atomic E-state index is 13.7. The van der Waals surface area contributed by atoms with E-state index < -0.39 is 27.2 Å². The van der Waals surface area contributed by atoms with Crippen LogP contribution in [0.2, 0.25) is 0 Å². The zero-order valence-electron chi connectivity index (χ0n) is 27.5. The molecule has 0 spiro atoms. The van der Waals surface area contributed by atoms with Crippen LogP contribution < -0.4 is 10.0 Å². The van der Waals surface area contributed by atoms with E-state index in [2.05, 4.69) is 23.9 Å². The van der Waals surface area contributed by atoms with Crippen molar-refractivity contribution in [3.8, 4) is 11.1 Å². The molecule has 2 N–H and O–H groups in total. The van der Waals surface area contributed by atoms with Gasteiger partial charge in [-0.3, -0.25) is 4.79 Å². The van der Waals surface area contributed by atoms with Crippen LogP contribution in [0.4, 0.5) is 4.79 Å². The minimum atomic E-state index is -4.20. The molecule has 0 saturated heterocycles. The van der Waals surface area contributed by atoms with Crippen LogP contribution >= 0.6 is 11.8 Å². The molecule has 49 heavy (non-hydrogen) atoms. The molecule has 0 aliphatic carbocycles. The van der Waals surface area contributed by atoms with Gasteiger partial charge in [0.2, 0.25) is 5.78 Å². The van der Waals surface area contributed by atoms with Crippen molar-refractivity contribution in [2.75, 3.05) is 12.0 Å². The lowest BCUT2D eigenvalue weighted by molar-refractivity contribution is 0.100. The molecule has 2 atom stereocenters. The summed E-state index contributed by atoms with van der Waals surface area (Å²) < 4.78 is 43.8. The number of carbonyl (C=O) groups is 2. The number of aromatic nitrogens is 2. The number of ketones is 1. The predicted molar refractivity (Wildman–Crippen MR) is 195 cm³/mol. The number of nitrogens with zero attached hydrogens (tertiary/aromatic N) is 2. The largest absolute Gasteiger partial charge is 0.611 e. The number of imidazole rings is 1. The second-order valence-electron chi connectivity index (χ2n) is 11.4. The predicted octanol–water partition coefficient (Wildman–Crippen LogP) is 7.01. The third kappa shape index (κ3) is 8.82. The Kier molecular flexibility index (Phi) is 12.0. The number of carbonyl (C=O) groups excluding carboxylic acids is 2. The summed E-state index contributed by atoms with van der Waals surface area (Å²) in [7, 11) is -4.20. The zero-order chi connectivity index (χ0) is 35.0. The molecule has 2 amide bonds. The van der Waals surface area contributed by atoms with E-state index in [9.17, 15) is 22.6 Å². The van der Waals surface area contributed by atoms with Crippen LogP contribution in [0, 0.1) is 0 Å². The number of hydrogen-bond acceptors (Lipinski definition) is 7. The number of sulfonamides is 1. The van der Waals surface area contributed by atoms with Crippen molar-refractivity contribution < 1.29 is 22.6 Å². The fraction of sp³-hybridized carbons (Fsp3) is 0.216. The molecule has 0 bridgehead atoms. The van der Waals surface area contributed by atoms with Crippen LogP contribution in [-0.2, 0) is 34.3 Å². The first-order valence-electron chi connectivity index (χ1n) is 15.7. The molecule has 0 radical (unpaired) electrons. The van der Waals surface area contributed by atoms with E-state index in [1.54, 1.807) is 42.5 Å². The van der Waals surface area contributed by atoms with Crippen molar-refractivity contribution in [2.45, 2.75) is 54.1 Å². The molecule has 0 aliphatic rings. The van der Waals surface area contributed by atoms with Gasteiger partial charge in [0.05, 0.1) is 4.90 Å². The van der Waals surface area contributed by atoms with Crippen LogP contribution in [0.5, 0.6) is 0 Å². The second-order valence-corrected chi connectivity index (χ2v) is 15.3. The highest BCUT2D eigenvalue weighted by Crippen LogP contribution is 2.31. The number of amides is 2. The Morgan fingerprint density at radius 1 is 0.898 bits per heavy atom. The summed E-state index contributed by atoms with van der Waals surface area (Å²) in [6, 6.07) is 31.2. The fourth-order valence-corrected chi connectivity index (χ4v) is 8.09. The number of hydrogen-bond donors (Lipinski definition) is 2. The van der Waals surface area contributed by atoms with E-state index >= 15 is 0 Å². The van der Waals surface area contributed by atoms with Crippen LogP contribution in [0.3, 0.4) is 0 Å². The van der Waals surface area contributed by atoms with Crippen LogP contribution in [-0.4, -0.2) is 46.3 Å². The van der Waals surface area contributed by atoms with E-state index in [4.69, 9.17) is 4.98 Å². The number of nitrogens with one attached hydrogen (secondary N) is 2. The van der Waals surface area contributed by atoms with Crippen molar-refractivity contribution >= 4 is 44.8 Å². The molecular weight excluding hydrogens is 677 g/mol. The second kappa shape index (κ2) is 16.4. The lowest BCUT2D eigenvalue weighted by Gasteiger charge is -2.16. The highest BCUT2D eigenvalue weighted by molar-refractivity contribution is 7.98. The van der Waals surface area contributed by atoms with Crippen molar-refractivity contribution in [1.82, 2.24) is 19.6 Å². The minimum Gasteiger partial charge on any atom is -0.611 e. The summed E-state index contributed by atoms with van der Waals surface area (Å²) in [5.41, 5.74) is 3.22. The van der Waals surface area contributed by atoms with E-state index in [-0.39, 0.29) is 28.9 Å². The molecule has 0 saturated carbocycles. The average Bonchev–Trinajstić information content (AvgIpc) is 3.49. The van der Waals surface area contributed by atoms with Gasteiger partial charge < -0.3 is 14.4 Å². The Bertz CT molecular complexity index is 2000. The first-order chi connectivity index (χ1) is 23.6. The van der Waals surface area contributed by atoms with Gasteiger partial charge in [-0.15, -0.1) is 11.8 Å². The highest BCUT2D eigenvalue weighted by atomic mass is 32.2. The molecule has 0 fully saturated rings. The average molecular weight is 715 g/mol. The topological polar surface area (TPSA) is 133 Å². The van der Waals surface area contributed by atoms with Crippen molar-refractivity contribution in [3.63, 3.8) is 0 Å². The normalized spacial score (nSPS) is 12.7. The monoisotopic (exact) mass is 714 g/mol. The number of Topliss-reactive ketones (excluding diaryl/α,β-unsaturated/α-hetero) is 1. The number of rotatable bonds is 14. The quantitative estimate of drug-likeness (QED) is 0.0718. The van der Waals surface area contributed by atoms with Gasteiger partial charge in [-0.2, -0.15) is 0 Å². The Morgan fingerprint density at radius 3 is 2.18 bits per heavy atom. The van der Waals surface area contributed by atoms with E-state index in [0.29, 0.717) is 33.3 Å². The van der Waals surface area contributed by atoms with Crippen molar-refractivity contribution in [3.05, 3.63) is 132 Å². The minimum absolute atomic E-state index is 0.0322. The lowest BCUT2D eigenvalue weighted by Crippen LogP contribution is -2.39. The van der Waals surface area contributed by atoms with Crippen molar-refractivity contribution in [2.24, 2.45) is 0 Å². The molecule has 5 aromatic rings. The fourth-order valence-electron chi connectivity index (χ4n) is 5.32. The summed E-state index contributed by atoms with van der Waals surface area (Å²) >= 11 is -0.123. The molecule has 254 valence electrons. The van der Waals surface area contributed by atoms with Crippen LogP contribution in [0.15, 0.2) is 124 Å². The summed E-state index contributed by atoms with van der Waals surface area (Å²) in [5.74, 6) is 0.439. The molecule has 5 rings (SSSR count). The van der Waals surface area contributed by atoms with E-state index in [1.807, 2.05) is 71.5 Å². The molecule has 9 nitrogen and oxygen atoms in total. The lowest BCUT2D eigenvalue weighted by atomic mass is 10.0. The number of thioether (sulfide) groups is 1. The molecule has 4 aromatic carbocycles. The first kappa shape index (κ1) is 35.9. The maximum absolute atomic E-state index is 13.7. The standard InChI is InChI=1S/C37H38N4O5S3/c1-4-26(2)35-39-36(47-3)34(32(42)25-48(44)30-15-9-6-10-16-30)41(35)24-28-19-21-29(22-20-28)31-17-11-12-18-33(31)49(45,46)40-37(43)38-23-27-13-7-5-8-14-27/h5-22,26H,4,23-25H2,1-3H3,(H2,38,40,43). The van der Waals surface area contributed by atoms with Gasteiger partial charge in [0.1, 0.15) is 16.5 Å². The summed E-state index contributed by atoms with van der Waals surface area (Å²) in [6.45, 7) is 4.65. The number of urea groups is 1. The Hall–Kier alpha value is -4.36. The highest BCUT2D eigenvalue weighted by Gasteiger charge is 2.29. The number of benzene rings is 4. The van der Waals surface area contributed by atoms with Crippen LogP contribution in [0.25, 0.3) is 11.1 Å². The van der Waals surface area contributed by atoms with Crippen LogP contribution in [0.1, 0.15) is 53.6 Å². The van der Waals surface area contributed by atoms with Gasteiger partial charge in [-0.25, -0.2) is 22.9 Å². The SMILES string of the molecule is CCC(C)c1nc(SC)c(C(=O)C[S+]([O-])c2ccccc2)n1Cc1ccc(-c2ccccc2S(=O)(=O)NC(=O)NCc2ccccc2)cc1. The summed E-state index contributed by atoms with van der Waals surface area (Å²) in [5, 5.41) is 3.19. The van der Waals surface area contributed by atoms with Gasteiger partial charge in [0, 0.05) is 24.6 Å². The molecule has 0 aliphatic heterocycles. The summed E-state index contributed by atoms with van der Waals surface area (Å²) in [4.78, 5) is 31.7. The van der Waals surface area contributed by atoms with Gasteiger partial charge in [0.25, 0.3) is 10.0 Å².